The largest absolute Gasteiger partial charge is 0.457 e. The van der Waals surface area contributed by atoms with E-state index in [1.165, 1.54) is 6.07 Å². The molecule has 4 rings (SSSR count). The highest BCUT2D eigenvalue weighted by atomic mass is 32.2. The van der Waals surface area contributed by atoms with Gasteiger partial charge in [0.2, 0.25) is 10.0 Å². The van der Waals surface area contributed by atoms with E-state index in [1.54, 1.807) is 56.6 Å². The van der Waals surface area contributed by atoms with Gasteiger partial charge in [0.1, 0.15) is 16.7 Å². The van der Waals surface area contributed by atoms with Crippen molar-refractivity contribution >= 4 is 16.0 Å². The number of halogens is 1. The third kappa shape index (κ3) is 4.95. The van der Waals surface area contributed by atoms with Crippen LogP contribution in [0, 0.1) is 5.82 Å². The number of benzene rings is 2. The second-order valence-corrected chi connectivity index (χ2v) is 10.3. The molecule has 1 aliphatic rings. The molecule has 0 spiro atoms. The molecule has 2 aromatic carbocycles. The molecule has 1 aromatic heterocycles. The van der Waals surface area contributed by atoms with Gasteiger partial charge in [-0.05, 0) is 49.1 Å². The minimum atomic E-state index is -3.94. The number of ether oxygens (including phenoxy) is 1. The number of aliphatic hydroxyl groups excluding tert-OH is 1. The maximum absolute atomic E-state index is 14.3. The van der Waals surface area contributed by atoms with Crippen molar-refractivity contribution in [2.75, 3.05) is 6.61 Å². The van der Waals surface area contributed by atoms with Crippen LogP contribution in [0.25, 0.3) is 11.1 Å². The SMILES string of the molecule is CC1(C)OC(=N[C@@H](CCO)c2ccccc2F)NS(=O)(=O)C1c1ccc(-c2cccnc2)cc1. The Hall–Kier alpha value is -3.30. The van der Waals surface area contributed by atoms with E-state index in [0.717, 1.165) is 11.1 Å². The Balaban J connectivity index is 1.64. The van der Waals surface area contributed by atoms with Crippen LogP contribution in [0.5, 0.6) is 0 Å². The second-order valence-electron chi connectivity index (χ2n) is 8.58. The summed E-state index contributed by atoms with van der Waals surface area (Å²) in [7, 11) is -3.94. The second kappa shape index (κ2) is 9.52. The molecule has 2 atom stereocenters. The molecule has 9 heteroatoms. The van der Waals surface area contributed by atoms with Gasteiger partial charge in [0.05, 0.1) is 6.04 Å². The first-order chi connectivity index (χ1) is 16.2. The van der Waals surface area contributed by atoms with Crippen LogP contribution >= 0.6 is 0 Å². The lowest BCUT2D eigenvalue weighted by atomic mass is 9.95. The molecule has 0 aliphatic carbocycles. The summed E-state index contributed by atoms with van der Waals surface area (Å²) < 4.78 is 49.3. The maximum Gasteiger partial charge on any atom is 0.299 e. The van der Waals surface area contributed by atoms with Crippen molar-refractivity contribution in [1.82, 2.24) is 9.71 Å². The first-order valence-corrected chi connectivity index (χ1v) is 12.4. The molecule has 7 nitrogen and oxygen atoms in total. The fraction of sp³-hybridized carbons (Fsp3) is 0.280. The topological polar surface area (TPSA) is 101 Å². The maximum atomic E-state index is 14.3. The van der Waals surface area contributed by atoms with Crippen LogP contribution < -0.4 is 4.72 Å². The molecule has 3 aromatic rings. The van der Waals surface area contributed by atoms with Crippen molar-refractivity contribution in [2.45, 2.75) is 37.2 Å². The average Bonchev–Trinajstić information content (AvgIpc) is 2.79. The van der Waals surface area contributed by atoms with E-state index in [1.807, 2.05) is 24.3 Å². The quantitative estimate of drug-likeness (QED) is 0.549. The third-order valence-electron chi connectivity index (χ3n) is 5.68. The molecule has 1 saturated heterocycles. The highest BCUT2D eigenvalue weighted by molar-refractivity contribution is 7.90. The van der Waals surface area contributed by atoms with E-state index < -0.39 is 32.7 Å². The van der Waals surface area contributed by atoms with Crippen LogP contribution in [0.2, 0.25) is 0 Å². The van der Waals surface area contributed by atoms with Crippen molar-refractivity contribution in [1.29, 1.82) is 0 Å². The molecule has 1 aliphatic heterocycles. The van der Waals surface area contributed by atoms with E-state index in [0.29, 0.717) is 5.56 Å². The number of aromatic nitrogens is 1. The fourth-order valence-electron chi connectivity index (χ4n) is 4.19. The highest BCUT2D eigenvalue weighted by Gasteiger charge is 2.48. The molecule has 0 bridgehead atoms. The summed E-state index contributed by atoms with van der Waals surface area (Å²) in [6.07, 6.45) is 3.53. The average molecular weight is 484 g/mol. The molecule has 2 N–H and O–H groups in total. The van der Waals surface area contributed by atoms with Crippen molar-refractivity contribution < 1.29 is 22.7 Å². The Kier molecular flexibility index (Phi) is 6.67. The first-order valence-electron chi connectivity index (χ1n) is 10.9. The van der Waals surface area contributed by atoms with Gasteiger partial charge in [-0.15, -0.1) is 0 Å². The Morgan fingerprint density at radius 3 is 2.47 bits per heavy atom. The summed E-state index contributed by atoms with van der Waals surface area (Å²) in [6, 6.07) is 16.0. The molecular formula is C25H26FN3O4S. The molecule has 0 saturated carbocycles. The Labute approximate surface area is 198 Å². The van der Waals surface area contributed by atoms with Gasteiger partial charge >= 0.3 is 0 Å². The van der Waals surface area contributed by atoms with E-state index in [-0.39, 0.29) is 24.6 Å². The third-order valence-corrected chi connectivity index (χ3v) is 7.60. The number of rotatable bonds is 6. The molecule has 0 radical (unpaired) electrons. The van der Waals surface area contributed by atoms with Crippen LogP contribution in [-0.4, -0.2) is 36.7 Å². The van der Waals surface area contributed by atoms with Crippen molar-refractivity contribution in [3.05, 3.63) is 90.0 Å². The predicted octanol–water partition coefficient (Wildman–Crippen LogP) is 4.14. The Morgan fingerprint density at radius 1 is 1.12 bits per heavy atom. The molecule has 34 heavy (non-hydrogen) atoms. The van der Waals surface area contributed by atoms with Gasteiger partial charge in [-0.1, -0.05) is 48.5 Å². The number of nitrogens with one attached hydrogen (secondary N) is 1. The van der Waals surface area contributed by atoms with Gasteiger partial charge < -0.3 is 9.84 Å². The summed E-state index contributed by atoms with van der Waals surface area (Å²) in [6.45, 7) is 3.09. The van der Waals surface area contributed by atoms with Gasteiger partial charge in [0, 0.05) is 24.6 Å². The van der Waals surface area contributed by atoms with Crippen LogP contribution in [0.1, 0.15) is 42.7 Å². The molecule has 0 amide bonds. The number of aliphatic hydroxyl groups is 1. The Morgan fingerprint density at radius 2 is 1.85 bits per heavy atom. The lowest BCUT2D eigenvalue weighted by Crippen LogP contribution is -2.53. The van der Waals surface area contributed by atoms with Gasteiger partial charge in [0.25, 0.3) is 6.02 Å². The van der Waals surface area contributed by atoms with E-state index in [9.17, 15) is 17.9 Å². The lowest BCUT2D eigenvalue weighted by Gasteiger charge is -2.39. The van der Waals surface area contributed by atoms with Crippen LogP contribution in [0.3, 0.4) is 0 Å². The van der Waals surface area contributed by atoms with Crippen molar-refractivity contribution in [3.8, 4) is 11.1 Å². The summed E-state index contributed by atoms with van der Waals surface area (Å²) in [4.78, 5) is 8.44. The highest BCUT2D eigenvalue weighted by Crippen LogP contribution is 2.39. The molecule has 1 fully saturated rings. The zero-order chi connectivity index (χ0) is 24.3. The smallest absolute Gasteiger partial charge is 0.299 e. The number of nitrogens with zero attached hydrogens (tertiary/aromatic N) is 2. The monoisotopic (exact) mass is 483 g/mol. The normalized spacial score (nSPS) is 20.8. The van der Waals surface area contributed by atoms with Crippen molar-refractivity contribution in [3.63, 3.8) is 0 Å². The zero-order valence-electron chi connectivity index (χ0n) is 18.8. The summed E-state index contributed by atoms with van der Waals surface area (Å²) in [5.74, 6) is -0.491. The van der Waals surface area contributed by atoms with E-state index in [4.69, 9.17) is 4.74 Å². The van der Waals surface area contributed by atoms with Gasteiger partial charge in [-0.25, -0.2) is 22.5 Å². The number of hydrogen-bond donors (Lipinski definition) is 2. The van der Waals surface area contributed by atoms with E-state index >= 15 is 0 Å². The lowest BCUT2D eigenvalue weighted by molar-refractivity contribution is 0.0758. The minimum absolute atomic E-state index is 0.106. The summed E-state index contributed by atoms with van der Waals surface area (Å²) >= 11 is 0. The number of amidine groups is 1. The van der Waals surface area contributed by atoms with Crippen molar-refractivity contribution in [2.24, 2.45) is 4.99 Å². The molecular weight excluding hydrogens is 457 g/mol. The predicted molar refractivity (Wildman–Crippen MR) is 128 cm³/mol. The molecule has 2 heterocycles. The standard InChI is InChI=1S/C25H26FN3O4S/c1-25(2)23(18-11-9-17(10-12-18)19-6-5-14-27-16-19)34(31,32)29-24(33-25)28-22(13-15-30)20-7-3-4-8-21(20)26/h3-12,14,16,22-23,30H,13,15H2,1-2H3,(H,28,29)/t22-,23?/m0/s1. The van der Waals surface area contributed by atoms with E-state index in [2.05, 4.69) is 14.7 Å². The molecule has 1 unspecified atom stereocenters. The van der Waals surface area contributed by atoms with Gasteiger partial charge in [-0.3, -0.25) is 4.98 Å². The number of aliphatic imine (C=N–C) groups is 1. The summed E-state index contributed by atoms with van der Waals surface area (Å²) in [5.41, 5.74) is 1.47. The fourth-order valence-corrected chi connectivity index (χ4v) is 5.96. The Bertz CT molecular complexity index is 1280. The number of pyridine rings is 1. The first kappa shape index (κ1) is 23.8. The zero-order valence-corrected chi connectivity index (χ0v) is 19.7. The van der Waals surface area contributed by atoms with Crippen LogP contribution in [0.4, 0.5) is 4.39 Å². The van der Waals surface area contributed by atoms with Crippen LogP contribution in [-0.2, 0) is 14.8 Å². The number of hydrogen-bond acceptors (Lipinski definition) is 6. The molecule has 178 valence electrons. The minimum Gasteiger partial charge on any atom is -0.457 e. The van der Waals surface area contributed by atoms with Gasteiger partial charge in [-0.2, -0.15) is 0 Å². The van der Waals surface area contributed by atoms with Gasteiger partial charge in [0.15, 0.2) is 0 Å². The number of sulfonamides is 1. The van der Waals surface area contributed by atoms with Crippen LogP contribution in [0.15, 0.2) is 78.0 Å². The summed E-state index contributed by atoms with van der Waals surface area (Å²) in [5, 5.41) is 8.44.